The highest BCUT2D eigenvalue weighted by atomic mass is 16.4. The summed E-state index contributed by atoms with van der Waals surface area (Å²) in [6, 6.07) is 0. The van der Waals surface area contributed by atoms with E-state index in [0.717, 1.165) is 6.08 Å². The van der Waals surface area contributed by atoms with E-state index in [2.05, 4.69) is 0 Å². The zero-order chi connectivity index (χ0) is 8.85. The van der Waals surface area contributed by atoms with Crippen LogP contribution in [0.3, 0.4) is 0 Å². The van der Waals surface area contributed by atoms with Gasteiger partial charge in [0.15, 0.2) is 0 Å². The maximum Gasteiger partial charge on any atom is 0.145 e. The van der Waals surface area contributed by atoms with Crippen LogP contribution in [0.2, 0.25) is 0 Å². The van der Waals surface area contributed by atoms with Crippen LogP contribution in [0.1, 0.15) is 6.92 Å². The molecule has 0 bridgehead atoms. The lowest BCUT2D eigenvalue weighted by Gasteiger charge is -1.98. The van der Waals surface area contributed by atoms with Gasteiger partial charge in [0.25, 0.3) is 0 Å². The van der Waals surface area contributed by atoms with E-state index in [4.69, 9.17) is 5.73 Å². The number of allylic oxidation sites excluding steroid dienone is 3. The Balaban J connectivity index is 4.34. The Kier molecular flexibility index (Phi) is 3.66. The van der Waals surface area contributed by atoms with Gasteiger partial charge < -0.3 is 15.6 Å². The molecule has 0 amide bonds. The predicted molar refractivity (Wildman–Crippen MR) is 37.1 cm³/mol. The molecule has 4 heteroatoms. The molecule has 11 heavy (non-hydrogen) atoms. The van der Waals surface area contributed by atoms with Crippen molar-refractivity contribution in [3.8, 4) is 0 Å². The lowest BCUT2D eigenvalue weighted by atomic mass is 10.3. The van der Waals surface area contributed by atoms with Gasteiger partial charge in [0.1, 0.15) is 6.29 Å². The molecule has 0 heterocycles. The summed E-state index contributed by atoms with van der Waals surface area (Å²) in [4.78, 5) is 20.0. The van der Waals surface area contributed by atoms with Crippen molar-refractivity contribution in [1.29, 1.82) is 0 Å². The van der Waals surface area contributed by atoms with Gasteiger partial charge in [-0.15, -0.1) is 0 Å². The minimum absolute atomic E-state index is 0.397. The largest absolute Gasteiger partial charge is 0.543 e. The van der Waals surface area contributed by atoms with E-state index in [1.54, 1.807) is 0 Å². The van der Waals surface area contributed by atoms with E-state index in [9.17, 15) is 14.7 Å². The third kappa shape index (κ3) is 3.91. The van der Waals surface area contributed by atoms with E-state index in [0.29, 0.717) is 11.9 Å². The number of carboxylic acids is 1. The fourth-order valence-electron chi connectivity index (χ4n) is 0.329. The van der Waals surface area contributed by atoms with Gasteiger partial charge in [-0.05, 0) is 18.6 Å². The quantitative estimate of drug-likeness (QED) is 0.312. The van der Waals surface area contributed by atoms with Crippen LogP contribution in [0.25, 0.3) is 0 Å². The summed E-state index contributed by atoms with van der Waals surface area (Å²) < 4.78 is 0. The number of carbonyl (C=O) groups excluding carboxylic acids is 2. The lowest BCUT2D eigenvalue weighted by molar-refractivity contribution is -0.299. The third-order valence-electron chi connectivity index (χ3n) is 0.947. The van der Waals surface area contributed by atoms with Gasteiger partial charge in [-0.25, -0.2) is 0 Å². The Morgan fingerprint density at radius 1 is 1.45 bits per heavy atom. The fourth-order valence-corrected chi connectivity index (χ4v) is 0.329. The summed E-state index contributed by atoms with van der Waals surface area (Å²) >= 11 is 0. The molecule has 4 nitrogen and oxygen atoms in total. The maximum atomic E-state index is 9.99. The smallest absolute Gasteiger partial charge is 0.145 e. The molecule has 0 fully saturated rings. The molecule has 0 aliphatic carbocycles. The second-order valence-electron chi connectivity index (χ2n) is 1.94. The monoisotopic (exact) mass is 154 g/mol. The van der Waals surface area contributed by atoms with Crippen LogP contribution in [0.15, 0.2) is 23.4 Å². The minimum atomic E-state index is -1.44. The zero-order valence-corrected chi connectivity index (χ0v) is 6.03. The zero-order valence-electron chi connectivity index (χ0n) is 6.03. The molecule has 0 unspecified atom stereocenters. The van der Waals surface area contributed by atoms with Crippen LogP contribution in [0.4, 0.5) is 0 Å². The second-order valence-corrected chi connectivity index (χ2v) is 1.94. The summed E-state index contributed by atoms with van der Waals surface area (Å²) in [5.41, 5.74) is 4.96. The van der Waals surface area contributed by atoms with Crippen molar-refractivity contribution in [2.24, 2.45) is 5.73 Å². The highest BCUT2D eigenvalue weighted by Crippen LogP contribution is 1.89. The summed E-state index contributed by atoms with van der Waals surface area (Å²) in [6.07, 6.45) is 3.01. The van der Waals surface area contributed by atoms with E-state index < -0.39 is 11.7 Å². The van der Waals surface area contributed by atoms with Crippen molar-refractivity contribution in [3.63, 3.8) is 0 Å². The van der Waals surface area contributed by atoms with E-state index in [1.807, 2.05) is 0 Å². The normalized spacial score (nSPS) is 12.8. The molecule has 0 aromatic rings. The van der Waals surface area contributed by atoms with E-state index in [1.165, 1.54) is 13.0 Å². The molecule has 2 N–H and O–H groups in total. The number of carbonyl (C=O) groups is 2. The van der Waals surface area contributed by atoms with Gasteiger partial charge in [-0.1, -0.05) is 6.08 Å². The molecule has 0 saturated carbocycles. The van der Waals surface area contributed by atoms with Crippen LogP contribution in [0, 0.1) is 0 Å². The topological polar surface area (TPSA) is 83.2 Å². The van der Waals surface area contributed by atoms with Gasteiger partial charge in [-0.2, -0.15) is 0 Å². The highest BCUT2D eigenvalue weighted by molar-refractivity contribution is 5.84. The average Bonchev–Trinajstić information content (AvgIpc) is 1.99. The Labute approximate surface area is 64.0 Å². The third-order valence-corrected chi connectivity index (χ3v) is 0.947. The summed E-state index contributed by atoms with van der Waals surface area (Å²) in [6.45, 7) is 1.53. The fraction of sp³-hybridized carbons (Fsp3) is 0.143. The first-order valence-electron chi connectivity index (χ1n) is 2.88. The van der Waals surface area contributed by atoms with Crippen molar-refractivity contribution in [3.05, 3.63) is 23.4 Å². The SMILES string of the molecule is C/C(C=O)=C\C=C(/N)C(=O)[O-]. The van der Waals surface area contributed by atoms with Crippen LogP contribution in [-0.4, -0.2) is 12.3 Å². The number of aliphatic carboxylic acids is 1. The summed E-state index contributed by atoms with van der Waals surface area (Å²) in [7, 11) is 0. The first-order chi connectivity index (χ1) is 5.07. The molecular weight excluding hydrogens is 146 g/mol. The molecule has 0 atom stereocenters. The number of carboxylic acid groups (broad SMARTS) is 1. The second kappa shape index (κ2) is 4.27. The number of hydrogen-bond acceptors (Lipinski definition) is 4. The van der Waals surface area contributed by atoms with Gasteiger partial charge in [0, 0.05) is 0 Å². The minimum Gasteiger partial charge on any atom is -0.543 e. The molecule has 0 aliphatic heterocycles. The Morgan fingerprint density at radius 2 is 2.00 bits per heavy atom. The summed E-state index contributed by atoms with van der Waals surface area (Å²) in [5.74, 6) is -1.44. The first-order valence-corrected chi connectivity index (χ1v) is 2.88. The molecule has 0 radical (unpaired) electrons. The van der Waals surface area contributed by atoms with Gasteiger partial charge in [-0.3, -0.25) is 4.79 Å². The standard InChI is InChI=1S/C7H9NO3/c1-5(4-9)2-3-6(8)7(10)11/h2-4H,8H2,1H3,(H,10,11)/p-1/b5-2+,6-3-. The summed E-state index contributed by atoms with van der Waals surface area (Å²) in [5, 5.41) is 9.98. The van der Waals surface area contributed by atoms with E-state index >= 15 is 0 Å². The van der Waals surface area contributed by atoms with Crippen molar-refractivity contribution in [2.45, 2.75) is 6.92 Å². The van der Waals surface area contributed by atoms with Crippen LogP contribution < -0.4 is 10.8 Å². The molecule has 0 rings (SSSR count). The molecular formula is C7H8NO3-. The molecule has 0 spiro atoms. The van der Waals surface area contributed by atoms with Crippen LogP contribution in [0.5, 0.6) is 0 Å². The van der Waals surface area contributed by atoms with E-state index in [-0.39, 0.29) is 0 Å². The number of hydrogen-bond donors (Lipinski definition) is 1. The van der Waals surface area contributed by atoms with Crippen LogP contribution >= 0.6 is 0 Å². The number of aldehydes is 1. The van der Waals surface area contributed by atoms with Gasteiger partial charge in [0.05, 0.1) is 11.7 Å². The molecule has 0 aromatic heterocycles. The molecule has 0 saturated heterocycles. The number of rotatable bonds is 3. The first kappa shape index (κ1) is 9.42. The Bertz CT molecular complexity index is 228. The number of nitrogens with two attached hydrogens (primary N) is 1. The van der Waals surface area contributed by atoms with Gasteiger partial charge >= 0.3 is 0 Å². The maximum absolute atomic E-state index is 9.99. The van der Waals surface area contributed by atoms with Crippen LogP contribution in [-0.2, 0) is 9.59 Å². The van der Waals surface area contributed by atoms with Gasteiger partial charge in [0.2, 0.25) is 0 Å². The molecule has 0 aromatic carbocycles. The average molecular weight is 154 g/mol. The molecule has 0 aliphatic rings. The lowest BCUT2D eigenvalue weighted by Crippen LogP contribution is -2.28. The Morgan fingerprint density at radius 3 is 2.36 bits per heavy atom. The van der Waals surface area contributed by atoms with Crippen molar-refractivity contribution >= 4 is 12.3 Å². The highest BCUT2D eigenvalue weighted by Gasteiger charge is 1.86. The predicted octanol–water partition coefficient (Wildman–Crippen LogP) is -1.28. The van der Waals surface area contributed by atoms with Crippen molar-refractivity contribution in [1.82, 2.24) is 0 Å². The Hall–Kier alpha value is -1.58. The molecule has 60 valence electrons. The van der Waals surface area contributed by atoms with Crippen molar-refractivity contribution < 1.29 is 14.7 Å². The van der Waals surface area contributed by atoms with Crippen molar-refractivity contribution in [2.75, 3.05) is 0 Å².